The monoisotopic (exact) mass is 459 g/mol. The van der Waals surface area contributed by atoms with Crippen LogP contribution >= 0.6 is 12.2 Å². The van der Waals surface area contributed by atoms with E-state index < -0.39 is 0 Å². The Kier molecular flexibility index (Phi) is 5.43. The summed E-state index contributed by atoms with van der Waals surface area (Å²) in [5, 5.41) is 5.89. The highest BCUT2D eigenvalue weighted by Gasteiger charge is 2.17. The number of carbonyl (C=O) groups is 1. The SMILES string of the molecule is CC(C)c1ccc2oc(-c3cccc(NC(=S)NC(=O)c4ccc5c(c4)OCO5)c3)nc2c1. The van der Waals surface area contributed by atoms with Gasteiger partial charge >= 0.3 is 0 Å². The molecule has 1 amide bonds. The zero-order valence-electron chi connectivity index (χ0n) is 18.0. The summed E-state index contributed by atoms with van der Waals surface area (Å²) in [6.07, 6.45) is 0. The van der Waals surface area contributed by atoms with Crippen LogP contribution in [0.1, 0.15) is 35.7 Å². The maximum atomic E-state index is 12.5. The lowest BCUT2D eigenvalue weighted by molar-refractivity contribution is 0.0977. The number of aromatic nitrogens is 1. The summed E-state index contributed by atoms with van der Waals surface area (Å²) in [7, 11) is 0. The number of benzene rings is 3. The smallest absolute Gasteiger partial charge is 0.257 e. The van der Waals surface area contributed by atoms with Crippen LogP contribution in [0.3, 0.4) is 0 Å². The molecule has 0 unspecified atom stereocenters. The van der Waals surface area contributed by atoms with Crippen LogP contribution in [0.4, 0.5) is 5.69 Å². The van der Waals surface area contributed by atoms with Gasteiger partial charge in [-0.1, -0.05) is 26.0 Å². The first kappa shape index (κ1) is 21.0. The van der Waals surface area contributed by atoms with E-state index in [1.165, 1.54) is 5.56 Å². The molecule has 1 aromatic heterocycles. The van der Waals surface area contributed by atoms with Crippen molar-refractivity contribution in [2.75, 3.05) is 12.1 Å². The summed E-state index contributed by atoms with van der Waals surface area (Å²) >= 11 is 5.32. The van der Waals surface area contributed by atoms with Crippen molar-refractivity contribution in [2.24, 2.45) is 0 Å². The van der Waals surface area contributed by atoms with Crippen molar-refractivity contribution in [1.29, 1.82) is 0 Å². The number of anilines is 1. The summed E-state index contributed by atoms with van der Waals surface area (Å²) in [6.45, 7) is 4.44. The van der Waals surface area contributed by atoms with Gasteiger partial charge in [-0.25, -0.2) is 4.98 Å². The Labute approximate surface area is 195 Å². The highest BCUT2D eigenvalue weighted by Crippen LogP contribution is 2.32. The average Bonchev–Trinajstić information content (AvgIpc) is 3.44. The maximum Gasteiger partial charge on any atom is 0.257 e. The van der Waals surface area contributed by atoms with Crippen LogP contribution in [0.2, 0.25) is 0 Å². The number of ether oxygens (including phenoxy) is 2. The number of rotatable bonds is 4. The van der Waals surface area contributed by atoms with Gasteiger partial charge in [0.2, 0.25) is 12.7 Å². The van der Waals surface area contributed by atoms with Crippen LogP contribution in [0.15, 0.2) is 65.1 Å². The van der Waals surface area contributed by atoms with E-state index >= 15 is 0 Å². The number of hydrogen-bond acceptors (Lipinski definition) is 6. The average molecular weight is 460 g/mol. The van der Waals surface area contributed by atoms with Crippen LogP contribution in [-0.4, -0.2) is 22.8 Å². The topological polar surface area (TPSA) is 85.6 Å². The first-order chi connectivity index (χ1) is 16.0. The molecule has 8 heteroatoms. The Morgan fingerprint density at radius 1 is 1.03 bits per heavy atom. The van der Waals surface area contributed by atoms with Gasteiger partial charge < -0.3 is 19.2 Å². The quantitative estimate of drug-likeness (QED) is 0.391. The normalized spacial score (nSPS) is 12.2. The molecule has 3 aromatic carbocycles. The second kappa shape index (κ2) is 8.55. The van der Waals surface area contributed by atoms with Crippen LogP contribution in [0.5, 0.6) is 11.5 Å². The van der Waals surface area contributed by atoms with Gasteiger partial charge in [-0.3, -0.25) is 10.1 Å². The largest absolute Gasteiger partial charge is 0.454 e. The van der Waals surface area contributed by atoms with Gasteiger partial charge in [0.1, 0.15) is 5.52 Å². The molecule has 0 spiro atoms. The molecule has 0 aliphatic carbocycles. The van der Waals surface area contributed by atoms with Crippen LogP contribution in [-0.2, 0) is 0 Å². The predicted molar refractivity (Wildman–Crippen MR) is 130 cm³/mol. The Morgan fingerprint density at radius 2 is 1.88 bits per heavy atom. The number of nitrogens with zero attached hydrogens (tertiary/aromatic N) is 1. The van der Waals surface area contributed by atoms with Crippen molar-refractivity contribution < 1.29 is 18.7 Å². The lowest BCUT2D eigenvalue weighted by atomic mass is 10.0. The third-order valence-corrected chi connectivity index (χ3v) is 5.51. The van der Waals surface area contributed by atoms with E-state index in [-0.39, 0.29) is 17.8 Å². The zero-order chi connectivity index (χ0) is 22.9. The first-order valence-electron chi connectivity index (χ1n) is 10.5. The maximum absolute atomic E-state index is 12.5. The lowest BCUT2D eigenvalue weighted by Crippen LogP contribution is -2.34. The Balaban J connectivity index is 1.29. The first-order valence-corrected chi connectivity index (χ1v) is 10.9. The standard InChI is InChI=1S/C25H21N3O4S/c1-14(2)15-6-8-20-19(11-15)27-24(32-20)17-4-3-5-18(10-17)26-25(33)28-23(29)16-7-9-21-22(12-16)31-13-30-21/h3-12,14H,13H2,1-2H3,(H2,26,28,29,33). The van der Waals surface area contributed by atoms with Crippen molar-refractivity contribution in [3.8, 4) is 23.0 Å². The summed E-state index contributed by atoms with van der Waals surface area (Å²) in [6, 6.07) is 18.5. The van der Waals surface area contributed by atoms with Crippen molar-refractivity contribution in [3.05, 3.63) is 71.8 Å². The minimum Gasteiger partial charge on any atom is -0.454 e. The minimum absolute atomic E-state index is 0.149. The predicted octanol–water partition coefficient (Wildman–Crippen LogP) is 5.47. The van der Waals surface area contributed by atoms with Gasteiger partial charge in [-0.15, -0.1) is 0 Å². The van der Waals surface area contributed by atoms with E-state index in [1.807, 2.05) is 30.3 Å². The van der Waals surface area contributed by atoms with Crippen LogP contribution in [0, 0.1) is 0 Å². The molecule has 0 atom stereocenters. The summed E-state index contributed by atoms with van der Waals surface area (Å²) in [4.78, 5) is 17.2. The second-order valence-corrected chi connectivity index (χ2v) is 8.37. The fourth-order valence-corrected chi connectivity index (χ4v) is 3.74. The van der Waals surface area contributed by atoms with Crippen LogP contribution in [0.25, 0.3) is 22.6 Å². The highest BCUT2D eigenvalue weighted by molar-refractivity contribution is 7.80. The number of thiocarbonyl (C=S) groups is 1. The molecule has 7 nitrogen and oxygen atoms in total. The van der Waals surface area contributed by atoms with Crippen molar-refractivity contribution >= 4 is 40.0 Å². The van der Waals surface area contributed by atoms with Gasteiger partial charge in [0.25, 0.3) is 5.91 Å². The molecule has 2 heterocycles. The number of fused-ring (bicyclic) bond motifs is 2. The number of hydrogen-bond donors (Lipinski definition) is 2. The van der Waals surface area contributed by atoms with E-state index in [2.05, 4.69) is 41.6 Å². The molecule has 166 valence electrons. The third-order valence-electron chi connectivity index (χ3n) is 5.31. The summed E-state index contributed by atoms with van der Waals surface area (Å²) in [5.74, 6) is 1.74. The van der Waals surface area contributed by atoms with E-state index in [9.17, 15) is 4.79 Å². The lowest BCUT2D eigenvalue weighted by Gasteiger charge is -2.10. The Bertz CT molecular complexity index is 1380. The molecule has 5 rings (SSSR count). The molecule has 2 N–H and O–H groups in total. The molecule has 4 aromatic rings. The number of nitrogens with one attached hydrogen (secondary N) is 2. The minimum atomic E-state index is -0.345. The molecule has 0 saturated carbocycles. The molecular formula is C25H21N3O4S. The van der Waals surface area contributed by atoms with E-state index in [0.717, 1.165) is 16.7 Å². The third kappa shape index (κ3) is 4.38. The fraction of sp³-hybridized carbons (Fsp3) is 0.160. The molecule has 0 bridgehead atoms. The van der Waals surface area contributed by atoms with Crippen molar-refractivity contribution in [2.45, 2.75) is 19.8 Å². The van der Waals surface area contributed by atoms with Gasteiger partial charge in [0, 0.05) is 16.8 Å². The van der Waals surface area contributed by atoms with E-state index in [0.29, 0.717) is 34.6 Å². The fourth-order valence-electron chi connectivity index (χ4n) is 3.53. The summed E-state index contributed by atoms with van der Waals surface area (Å²) < 4.78 is 16.5. The number of carbonyl (C=O) groups excluding carboxylic acids is 1. The highest BCUT2D eigenvalue weighted by atomic mass is 32.1. The van der Waals surface area contributed by atoms with Gasteiger partial charge in [-0.05, 0) is 72.2 Å². The molecule has 33 heavy (non-hydrogen) atoms. The number of amides is 1. The zero-order valence-corrected chi connectivity index (χ0v) is 18.9. The number of oxazole rings is 1. The summed E-state index contributed by atoms with van der Waals surface area (Å²) in [5.41, 5.74) is 4.69. The van der Waals surface area contributed by atoms with Gasteiger partial charge in [0.05, 0.1) is 0 Å². The van der Waals surface area contributed by atoms with Gasteiger partial charge in [-0.2, -0.15) is 0 Å². The van der Waals surface area contributed by atoms with Crippen molar-refractivity contribution in [3.63, 3.8) is 0 Å². The van der Waals surface area contributed by atoms with Crippen molar-refractivity contribution in [1.82, 2.24) is 10.3 Å². The molecule has 1 aliphatic rings. The molecule has 0 fully saturated rings. The Hall–Kier alpha value is -3.91. The van der Waals surface area contributed by atoms with Crippen LogP contribution < -0.4 is 20.1 Å². The Morgan fingerprint density at radius 3 is 2.73 bits per heavy atom. The van der Waals surface area contributed by atoms with Gasteiger partial charge in [0.15, 0.2) is 22.2 Å². The molecule has 0 radical (unpaired) electrons. The molecule has 0 saturated heterocycles. The van der Waals surface area contributed by atoms with E-state index in [4.69, 9.17) is 26.1 Å². The van der Waals surface area contributed by atoms with E-state index in [1.54, 1.807) is 18.2 Å². The molecule has 1 aliphatic heterocycles. The second-order valence-electron chi connectivity index (χ2n) is 7.96. The molecular weight excluding hydrogens is 438 g/mol.